The maximum Gasteiger partial charge on any atom is 0.200 e. The third kappa shape index (κ3) is 3.41. The van der Waals surface area contributed by atoms with Crippen molar-refractivity contribution in [2.45, 2.75) is 96.1 Å². The summed E-state index contributed by atoms with van der Waals surface area (Å²) in [5.41, 5.74) is 6.27. The van der Waals surface area contributed by atoms with E-state index in [0.29, 0.717) is 46.5 Å². The van der Waals surface area contributed by atoms with Crippen molar-refractivity contribution in [3.05, 3.63) is 35.5 Å². The number of aliphatic hydroxyl groups is 1. The number of nitrogens with zero attached hydrogens (tertiary/aromatic N) is 2. The number of benzene rings is 1. The minimum atomic E-state index is -1.93. The fraction of sp³-hybridized carbons (Fsp3) is 0.724. The lowest BCUT2D eigenvalue weighted by Crippen LogP contribution is -2.65. The second-order valence-electron chi connectivity index (χ2n) is 12.5. The molecule has 188 valence electrons. The molecular formula is C29H46N2O2Si. The van der Waals surface area contributed by atoms with Crippen LogP contribution in [0.2, 0.25) is 16.6 Å². The molecule has 0 aliphatic carbocycles. The van der Waals surface area contributed by atoms with Crippen molar-refractivity contribution in [1.82, 2.24) is 9.47 Å². The number of piperidine rings is 3. The Balaban J connectivity index is 1.53. The standard InChI is InChI=1S/C29H46N2O2Si/c1-17(2)34(18(3)4,19(5)6)33-16-25-22-13-28-29-23(21-11-9-10-12-26(21)30(29)8)14-27(25)31(28)15-24(22)20(7)32/h9-12,17-20,22,24-25,27-28,32H,13-16H2,1-8H3/t20?,22-,24-,25+,27-,28-/m0/s1. The zero-order valence-electron chi connectivity index (χ0n) is 22.6. The normalized spacial score (nSPS) is 31.6. The first-order chi connectivity index (χ1) is 16.1. The molecule has 4 bridgehead atoms. The van der Waals surface area contributed by atoms with Gasteiger partial charge in [0.2, 0.25) is 0 Å². The van der Waals surface area contributed by atoms with Crippen LogP contribution in [-0.2, 0) is 17.9 Å². The van der Waals surface area contributed by atoms with Gasteiger partial charge in [0, 0.05) is 54.7 Å². The largest absolute Gasteiger partial charge is 0.416 e. The van der Waals surface area contributed by atoms with Gasteiger partial charge in [-0.2, -0.15) is 0 Å². The van der Waals surface area contributed by atoms with E-state index in [1.807, 2.05) is 6.92 Å². The average Bonchev–Trinajstić information content (AvgIpc) is 3.06. The molecular weight excluding hydrogens is 436 g/mol. The van der Waals surface area contributed by atoms with Gasteiger partial charge in [-0.05, 0) is 53.9 Å². The molecule has 2 aromatic rings. The van der Waals surface area contributed by atoms with Crippen LogP contribution >= 0.6 is 0 Å². The molecule has 4 aliphatic heterocycles. The van der Waals surface area contributed by atoms with E-state index in [2.05, 4.69) is 82.3 Å². The van der Waals surface area contributed by atoms with Crippen molar-refractivity contribution in [2.24, 2.45) is 24.8 Å². The van der Waals surface area contributed by atoms with Crippen LogP contribution in [0.1, 0.15) is 72.2 Å². The maximum absolute atomic E-state index is 10.8. The number of aryl methyl sites for hydroxylation is 1. The number of hydrogen-bond donors (Lipinski definition) is 1. The molecule has 2 unspecified atom stereocenters. The molecule has 5 heterocycles. The molecule has 34 heavy (non-hydrogen) atoms. The van der Waals surface area contributed by atoms with Crippen molar-refractivity contribution >= 4 is 19.2 Å². The zero-order valence-corrected chi connectivity index (χ0v) is 23.6. The van der Waals surface area contributed by atoms with Crippen LogP contribution in [0, 0.1) is 17.8 Å². The SMILES string of the molecule is CC(O)[C@@H]1CN2[C@H]3C[C@@H]1[C@@H](CO[Si](C(C)C)(C(C)C)C(C)C)[C@@H]2Cc1c3n(C)c2ccccc12. The van der Waals surface area contributed by atoms with Gasteiger partial charge in [0.25, 0.3) is 0 Å². The van der Waals surface area contributed by atoms with E-state index in [1.165, 1.54) is 16.6 Å². The first-order valence-corrected chi connectivity index (χ1v) is 15.9. The fourth-order valence-electron chi connectivity index (χ4n) is 8.83. The van der Waals surface area contributed by atoms with Crippen molar-refractivity contribution < 1.29 is 9.53 Å². The van der Waals surface area contributed by atoms with Crippen molar-refractivity contribution in [2.75, 3.05) is 13.2 Å². The molecule has 0 amide bonds. The third-order valence-electron chi connectivity index (χ3n) is 10.2. The predicted molar refractivity (Wildman–Crippen MR) is 144 cm³/mol. The summed E-state index contributed by atoms with van der Waals surface area (Å²) in [7, 11) is 0.329. The highest BCUT2D eigenvalue weighted by molar-refractivity contribution is 6.77. The minimum Gasteiger partial charge on any atom is -0.416 e. The van der Waals surface area contributed by atoms with E-state index in [0.717, 1.165) is 26.0 Å². The first-order valence-electron chi connectivity index (χ1n) is 13.7. The quantitative estimate of drug-likeness (QED) is 0.472. The van der Waals surface area contributed by atoms with Gasteiger partial charge in [-0.1, -0.05) is 59.7 Å². The number of aromatic nitrogens is 1. The average molecular weight is 483 g/mol. The summed E-state index contributed by atoms with van der Waals surface area (Å²) in [5, 5.41) is 12.2. The van der Waals surface area contributed by atoms with Gasteiger partial charge in [0.15, 0.2) is 8.32 Å². The molecule has 0 saturated carbocycles. The van der Waals surface area contributed by atoms with Crippen molar-refractivity contribution in [1.29, 1.82) is 0 Å². The Hall–Kier alpha value is -1.14. The summed E-state index contributed by atoms with van der Waals surface area (Å²) in [6.45, 7) is 18.2. The second kappa shape index (κ2) is 8.76. The van der Waals surface area contributed by atoms with Gasteiger partial charge in [-0.15, -0.1) is 0 Å². The number of aliphatic hydroxyl groups excluding tert-OH is 1. The van der Waals surface area contributed by atoms with E-state index in [9.17, 15) is 5.11 Å². The van der Waals surface area contributed by atoms with Crippen LogP contribution in [0.4, 0.5) is 0 Å². The van der Waals surface area contributed by atoms with Crippen LogP contribution in [0.5, 0.6) is 0 Å². The molecule has 6 rings (SSSR count). The van der Waals surface area contributed by atoms with Gasteiger partial charge in [0.1, 0.15) is 0 Å². The Morgan fingerprint density at radius 3 is 2.29 bits per heavy atom. The highest BCUT2D eigenvalue weighted by atomic mass is 28.4. The lowest BCUT2D eigenvalue weighted by atomic mass is 9.61. The topological polar surface area (TPSA) is 37.6 Å². The summed E-state index contributed by atoms with van der Waals surface area (Å²) in [5.74, 6) is 1.38. The summed E-state index contributed by atoms with van der Waals surface area (Å²) >= 11 is 0. The Labute approximate surface area is 207 Å². The maximum atomic E-state index is 10.8. The summed E-state index contributed by atoms with van der Waals surface area (Å²) in [6, 6.07) is 9.96. The Morgan fingerprint density at radius 2 is 1.68 bits per heavy atom. The molecule has 3 saturated heterocycles. The highest BCUT2D eigenvalue weighted by Crippen LogP contribution is 2.56. The van der Waals surface area contributed by atoms with Gasteiger partial charge in [-0.25, -0.2) is 0 Å². The van der Waals surface area contributed by atoms with E-state index >= 15 is 0 Å². The highest BCUT2D eigenvalue weighted by Gasteiger charge is 2.57. The number of para-hydroxylation sites is 1. The summed E-state index contributed by atoms with van der Waals surface area (Å²) < 4.78 is 9.69. The molecule has 1 aromatic heterocycles. The van der Waals surface area contributed by atoms with Crippen molar-refractivity contribution in [3.8, 4) is 0 Å². The smallest absolute Gasteiger partial charge is 0.200 e. The predicted octanol–water partition coefficient (Wildman–Crippen LogP) is 6.28. The van der Waals surface area contributed by atoms with E-state index in [1.54, 1.807) is 5.56 Å². The molecule has 0 radical (unpaired) electrons. The second-order valence-corrected chi connectivity index (χ2v) is 18.0. The molecule has 4 aliphatic rings. The molecule has 1 aromatic carbocycles. The zero-order chi connectivity index (χ0) is 24.5. The van der Waals surface area contributed by atoms with E-state index in [4.69, 9.17) is 4.43 Å². The van der Waals surface area contributed by atoms with Gasteiger partial charge in [0.05, 0.1) is 12.1 Å². The fourth-order valence-corrected chi connectivity index (χ4v) is 14.3. The third-order valence-corrected chi connectivity index (χ3v) is 16.3. The van der Waals surface area contributed by atoms with Gasteiger partial charge >= 0.3 is 0 Å². The Bertz CT molecular complexity index is 1020. The summed E-state index contributed by atoms with van der Waals surface area (Å²) in [4.78, 5) is 2.77. The van der Waals surface area contributed by atoms with Gasteiger partial charge < -0.3 is 14.1 Å². The first kappa shape index (κ1) is 24.5. The van der Waals surface area contributed by atoms with Crippen LogP contribution in [-0.4, -0.2) is 48.2 Å². The molecule has 4 nitrogen and oxygen atoms in total. The molecule has 7 atom stereocenters. The minimum absolute atomic E-state index is 0.259. The van der Waals surface area contributed by atoms with E-state index in [-0.39, 0.29) is 6.10 Å². The molecule has 1 N–H and O–H groups in total. The molecule has 5 heteroatoms. The van der Waals surface area contributed by atoms with Crippen LogP contribution in [0.3, 0.4) is 0 Å². The molecule has 3 fully saturated rings. The summed E-state index contributed by atoms with van der Waals surface area (Å²) in [6.07, 6.45) is 2.01. The number of hydrogen-bond acceptors (Lipinski definition) is 3. The Kier molecular flexibility index (Phi) is 6.32. The number of rotatable bonds is 7. The monoisotopic (exact) mass is 482 g/mol. The lowest BCUT2D eigenvalue weighted by Gasteiger charge is -2.61. The van der Waals surface area contributed by atoms with Crippen molar-refractivity contribution in [3.63, 3.8) is 0 Å². The Morgan fingerprint density at radius 1 is 1.03 bits per heavy atom. The van der Waals surface area contributed by atoms with Gasteiger partial charge in [-0.3, -0.25) is 4.90 Å². The van der Waals surface area contributed by atoms with Crippen LogP contribution < -0.4 is 0 Å². The van der Waals surface area contributed by atoms with Crippen LogP contribution in [0.25, 0.3) is 10.9 Å². The number of fused-ring (bicyclic) bond motifs is 4. The van der Waals surface area contributed by atoms with E-state index < -0.39 is 8.32 Å². The van der Waals surface area contributed by atoms with Crippen LogP contribution in [0.15, 0.2) is 24.3 Å². The molecule has 0 spiro atoms. The lowest BCUT2D eigenvalue weighted by molar-refractivity contribution is -0.137.